The second kappa shape index (κ2) is 5.67. The van der Waals surface area contributed by atoms with Gasteiger partial charge in [-0.05, 0) is 30.2 Å². The second-order valence-corrected chi connectivity index (χ2v) is 4.67. The van der Waals surface area contributed by atoms with Crippen LogP contribution in [-0.4, -0.2) is 15.1 Å². The first-order chi connectivity index (χ1) is 9.09. The van der Waals surface area contributed by atoms with Crippen molar-refractivity contribution >= 4 is 23.2 Å². The summed E-state index contributed by atoms with van der Waals surface area (Å²) in [5, 5.41) is 19.5. The number of aryl methyl sites for hydroxylation is 1. The molecule has 0 saturated heterocycles. The predicted octanol–water partition coefficient (Wildman–Crippen LogP) is 3.84. The number of hydrogen-bond donors (Lipinski definition) is 2. The van der Waals surface area contributed by atoms with Crippen LogP contribution in [0.2, 0.25) is 0 Å². The Hall–Kier alpha value is -2.13. The van der Waals surface area contributed by atoms with E-state index in [4.69, 9.17) is 12.2 Å². The van der Waals surface area contributed by atoms with Gasteiger partial charge in [0.25, 0.3) is 0 Å². The molecule has 19 heavy (non-hydrogen) atoms. The fourth-order valence-electron chi connectivity index (χ4n) is 1.69. The van der Waals surface area contributed by atoms with Crippen LogP contribution in [0.3, 0.4) is 0 Å². The quantitative estimate of drug-likeness (QED) is 0.385. The van der Waals surface area contributed by atoms with Crippen LogP contribution in [0.15, 0.2) is 48.5 Å². The maximum atomic E-state index is 9.82. The molecule has 0 aliphatic carbocycles. The van der Waals surface area contributed by atoms with Crippen LogP contribution >= 0.6 is 12.2 Å². The largest absolute Gasteiger partial charge is 0.504 e. The van der Waals surface area contributed by atoms with E-state index in [9.17, 15) is 10.2 Å². The van der Waals surface area contributed by atoms with E-state index < -0.39 is 0 Å². The highest BCUT2D eigenvalue weighted by atomic mass is 32.1. The van der Waals surface area contributed by atoms with E-state index in [1.54, 1.807) is 31.2 Å². The first-order valence-corrected chi connectivity index (χ1v) is 6.29. The third-order valence-electron chi connectivity index (χ3n) is 2.86. The van der Waals surface area contributed by atoms with Crippen LogP contribution in [0.25, 0.3) is 6.08 Å². The molecular formula is C16H14O2S. The van der Waals surface area contributed by atoms with Crippen molar-refractivity contribution in [1.29, 1.82) is 0 Å². The van der Waals surface area contributed by atoms with Gasteiger partial charge in [-0.15, -0.1) is 0 Å². The van der Waals surface area contributed by atoms with Crippen molar-refractivity contribution in [1.82, 2.24) is 0 Å². The van der Waals surface area contributed by atoms with E-state index in [0.29, 0.717) is 16.0 Å². The lowest BCUT2D eigenvalue weighted by Gasteiger charge is -2.05. The zero-order valence-corrected chi connectivity index (χ0v) is 11.3. The lowest BCUT2D eigenvalue weighted by atomic mass is 10.1. The van der Waals surface area contributed by atoms with Crippen LogP contribution in [0.4, 0.5) is 0 Å². The molecule has 0 saturated carbocycles. The molecule has 3 heteroatoms. The van der Waals surface area contributed by atoms with Crippen LogP contribution in [-0.2, 0) is 0 Å². The summed E-state index contributed by atoms with van der Waals surface area (Å²) in [5.74, 6) is -0.208. The van der Waals surface area contributed by atoms with Gasteiger partial charge in [-0.1, -0.05) is 54.7 Å². The topological polar surface area (TPSA) is 40.5 Å². The number of hydrogen-bond acceptors (Lipinski definition) is 3. The molecule has 0 spiro atoms. The molecule has 2 N–H and O–H groups in total. The van der Waals surface area contributed by atoms with Gasteiger partial charge >= 0.3 is 0 Å². The Kier molecular flexibility index (Phi) is 3.97. The SMILES string of the molecule is Cc1ccc(C=CC(=S)c2ccccc2)c(O)c1O. The molecule has 0 unspecified atom stereocenters. The predicted molar refractivity (Wildman–Crippen MR) is 81.7 cm³/mol. The number of phenols is 2. The third-order valence-corrected chi connectivity index (χ3v) is 3.23. The molecule has 0 bridgehead atoms. The molecule has 2 aromatic rings. The highest BCUT2D eigenvalue weighted by Crippen LogP contribution is 2.32. The van der Waals surface area contributed by atoms with Gasteiger partial charge in [0, 0.05) is 10.4 Å². The van der Waals surface area contributed by atoms with Crippen molar-refractivity contribution in [3.8, 4) is 11.5 Å². The van der Waals surface area contributed by atoms with Crippen molar-refractivity contribution in [3.63, 3.8) is 0 Å². The third kappa shape index (κ3) is 3.01. The average Bonchev–Trinajstić information content (AvgIpc) is 2.45. The molecule has 0 amide bonds. The van der Waals surface area contributed by atoms with Gasteiger partial charge in [0.15, 0.2) is 11.5 Å². The Bertz CT molecular complexity index is 631. The molecule has 2 aromatic carbocycles. The van der Waals surface area contributed by atoms with Crippen LogP contribution in [0.1, 0.15) is 16.7 Å². The van der Waals surface area contributed by atoms with Crippen molar-refractivity contribution in [2.24, 2.45) is 0 Å². The van der Waals surface area contributed by atoms with Crippen LogP contribution in [0.5, 0.6) is 11.5 Å². The van der Waals surface area contributed by atoms with Gasteiger partial charge in [0.1, 0.15) is 0 Å². The summed E-state index contributed by atoms with van der Waals surface area (Å²) in [6.07, 6.45) is 3.44. The fraction of sp³-hybridized carbons (Fsp3) is 0.0625. The molecule has 96 valence electrons. The summed E-state index contributed by atoms with van der Waals surface area (Å²) in [7, 11) is 0. The minimum atomic E-state index is -0.118. The number of phenolic OH excluding ortho intramolecular Hbond substituents is 2. The van der Waals surface area contributed by atoms with Crippen molar-refractivity contribution in [3.05, 3.63) is 65.2 Å². The summed E-state index contributed by atoms with van der Waals surface area (Å²) in [6, 6.07) is 13.1. The minimum absolute atomic E-state index is 0.0900. The summed E-state index contributed by atoms with van der Waals surface area (Å²) < 4.78 is 0. The number of aromatic hydroxyl groups is 2. The second-order valence-electron chi connectivity index (χ2n) is 4.23. The van der Waals surface area contributed by atoms with E-state index >= 15 is 0 Å². The molecule has 0 heterocycles. The smallest absolute Gasteiger partial charge is 0.165 e. The van der Waals surface area contributed by atoms with Gasteiger partial charge in [0.05, 0.1) is 0 Å². The Morgan fingerprint density at radius 2 is 1.68 bits per heavy atom. The maximum Gasteiger partial charge on any atom is 0.165 e. The number of benzene rings is 2. The van der Waals surface area contributed by atoms with E-state index in [0.717, 1.165) is 5.56 Å². The van der Waals surface area contributed by atoms with E-state index in [1.165, 1.54) is 0 Å². The molecular weight excluding hydrogens is 256 g/mol. The molecule has 2 rings (SSSR count). The van der Waals surface area contributed by atoms with Crippen molar-refractivity contribution in [2.75, 3.05) is 0 Å². The van der Waals surface area contributed by atoms with Crippen LogP contribution in [0, 0.1) is 6.92 Å². The summed E-state index contributed by atoms with van der Waals surface area (Å²) in [4.78, 5) is 0.681. The lowest BCUT2D eigenvalue weighted by molar-refractivity contribution is 0.400. The van der Waals surface area contributed by atoms with E-state index in [2.05, 4.69) is 0 Å². The van der Waals surface area contributed by atoms with Crippen LogP contribution < -0.4 is 0 Å². The number of thiocarbonyl (C=S) groups is 1. The summed E-state index contributed by atoms with van der Waals surface area (Å²) >= 11 is 5.29. The van der Waals surface area contributed by atoms with Gasteiger partial charge < -0.3 is 10.2 Å². The summed E-state index contributed by atoms with van der Waals surface area (Å²) in [6.45, 7) is 1.73. The Balaban J connectivity index is 2.25. The molecule has 2 nitrogen and oxygen atoms in total. The monoisotopic (exact) mass is 270 g/mol. The average molecular weight is 270 g/mol. The molecule has 0 aromatic heterocycles. The Morgan fingerprint density at radius 3 is 2.37 bits per heavy atom. The first kappa shape index (κ1) is 13.3. The zero-order chi connectivity index (χ0) is 13.8. The lowest BCUT2D eigenvalue weighted by Crippen LogP contribution is -1.91. The van der Waals surface area contributed by atoms with Crippen molar-refractivity contribution in [2.45, 2.75) is 6.92 Å². The van der Waals surface area contributed by atoms with Gasteiger partial charge in [-0.3, -0.25) is 0 Å². The van der Waals surface area contributed by atoms with Gasteiger partial charge in [0.2, 0.25) is 0 Å². The van der Waals surface area contributed by atoms with Gasteiger partial charge in [-0.25, -0.2) is 0 Å². The highest BCUT2D eigenvalue weighted by Gasteiger charge is 2.06. The molecule has 0 aliphatic rings. The van der Waals surface area contributed by atoms with E-state index in [-0.39, 0.29) is 11.5 Å². The standard InChI is InChI=1S/C16H14O2S/c1-11-7-8-13(16(18)15(11)17)9-10-14(19)12-5-3-2-4-6-12/h2-10,17-18H,1H3. The fourth-order valence-corrected chi connectivity index (χ4v) is 1.90. The number of allylic oxidation sites excluding steroid dienone is 1. The highest BCUT2D eigenvalue weighted by molar-refractivity contribution is 7.81. The first-order valence-electron chi connectivity index (χ1n) is 5.88. The van der Waals surface area contributed by atoms with Gasteiger partial charge in [-0.2, -0.15) is 0 Å². The normalized spacial score (nSPS) is 10.8. The zero-order valence-electron chi connectivity index (χ0n) is 10.5. The molecule has 0 aliphatic heterocycles. The maximum absolute atomic E-state index is 9.82. The Morgan fingerprint density at radius 1 is 1.00 bits per heavy atom. The molecule has 0 atom stereocenters. The van der Waals surface area contributed by atoms with Crippen molar-refractivity contribution < 1.29 is 10.2 Å². The minimum Gasteiger partial charge on any atom is -0.504 e. The number of rotatable bonds is 3. The molecule has 0 radical (unpaired) electrons. The van der Waals surface area contributed by atoms with E-state index in [1.807, 2.05) is 30.3 Å². The Labute approximate surface area is 117 Å². The molecule has 0 fully saturated rings. The summed E-state index contributed by atoms with van der Waals surface area (Å²) in [5.41, 5.74) is 2.13.